The molecule has 0 aliphatic heterocycles. The first-order chi connectivity index (χ1) is 9.29. The lowest BCUT2D eigenvalue weighted by Gasteiger charge is -1.90. The quantitative estimate of drug-likeness (QED) is 0.507. The van der Waals surface area contributed by atoms with Gasteiger partial charge in [-0.1, -0.05) is 12.1 Å². The largest absolute Gasteiger partial charge is 0.453 e. The number of nitrogens with two attached hydrogens (primary N) is 1. The van der Waals surface area contributed by atoms with E-state index in [0.29, 0.717) is 5.69 Å². The zero-order chi connectivity index (χ0) is 12.8. The summed E-state index contributed by atoms with van der Waals surface area (Å²) in [6, 6.07) is 15.5. The summed E-state index contributed by atoms with van der Waals surface area (Å²) >= 11 is 0. The highest BCUT2D eigenvalue weighted by Crippen LogP contribution is 2.28. The van der Waals surface area contributed by atoms with Crippen molar-refractivity contribution < 1.29 is 4.42 Å². The van der Waals surface area contributed by atoms with Crippen molar-refractivity contribution in [2.24, 2.45) is 0 Å². The molecule has 0 radical (unpaired) electrons. The van der Waals surface area contributed by atoms with Crippen LogP contribution >= 0.6 is 0 Å². The molecule has 19 heavy (non-hydrogen) atoms. The van der Waals surface area contributed by atoms with E-state index in [2.05, 4.69) is 9.97 Å². The summed E-state index contributed by atoms with van der Waals surface area (Å²) in [6.45, 7) is 0. The molecule has 0 bridgehead atoms. The Morgan fingerprint density at radius 2 is 1.95 bits per heavy atom. The van der Waals surface area contributed by atoms with Gasteiger partial charge < -0.3 is 15.1 Å². The Hall–Kier alpha value is -2.75. The van der Waals surface area contributed by atoms with Crippen LogP contribution in [0, 0.1) is 0 Å². The number of hydrogen-bond donors (Lipinski definition) is 2. The molecule has 0 unspecified atom stereocenters. The van der Waals surface area contributed by atoms with E-state index in [0.717, 1.165) is 33.6 Å². The summed E-state index contributed by atoms with van der Waals surface area (Å²) in [4.78, 5) is 7.77. The first kappa shape index (κ1) is 10.2. The number of aromatic amines is 1. The van der Waals surface area contributed by atoms with Gasteiger partial charge in [0.2, 0.25) is 0 Å². The van der Waals surface area contributed by atoms with Crippen molar-refractivity contribution in [3.05, 3.63) is 48.5 Å². The molecule has 0 spiro atoms. The highest BCUT2D eigenvalue weighted by molar-refractivity contribution is 5.86. The van der Waals surface area contributed by atoms with Gasteiger partial charge in [0.05, 0.1) is 11.0 Å². The summed E-state index contributed by atoms with van der Waals surface area (Å²) in [6.07, 6.45) is 0. The van der Waals surface area contributed by atoms with Crippen molar-refractivity contribution >= 4 is 27.7 Å². The topological polar surface area (TPSA) is 67.8 Å². The molecule has 0 atom stereocenters. The SMILES string of the molecule is Nc1ccc2cc(-c3nc4ccccc4[nH]3)oc2c1. The third kappa shape index (κ3) is 1.57. The highest BCUT2D eigenvalue weighted by Gasteiger charge is 2.10. The minimum Gasteiger partial charge on any atom is -0.453 e. The predicted molar refractivity (Wildman–Crippen MR) is 75.7 cm³/mol. The molecule has 92 valence electrons. The van der Waals surface area contributed by atoms with Crippen molar-refractivity contribution in [1.82, 2.24) is 9.97 Å². The van der Waals surface area contributed by atoms with Crippen LogP contribution in [0.25, 0.3) is 33.6 Å². The number of fused-ring (bicyclic) bond motifs is 2. The van der Waals surface area contributed by atoms with E-state index in [9.17, 15) is 0 Å². The molecule has 0 amide bonds. The van der Waals surface area contributed by atoms with Crippen LogP contribution in [0.5, 0.6) is 0 Å². The third-order valence-electron chi connectivity index (χ3n) is 3.17. The Kier molecular flexibility index (Phi) is 1.94. The molecule has 2 aromatic carbocycles. The maximum Gasteiger partial charge on any atom is 0.174 e. The maximum atomic E-state index is 5.79. The number of nitrogens with one attached hydrogen (secondary N) is 1. The predicted octanol–water partition coefficient (Wildman–Crippen LogP) is 3.56. The van der Waals surface area contributed by atoms with Gasteiger partial charge in [-0.3, -0.25) is 0 Å². The molecule has 2 heterocycles. The second-order valence-corrected chi connectivity index (χ2v) is 4.51. The molecule has 3 N–H and O–H groups in total. The summed E-state index contributed by atoms with van der Waals surface area (Å²) in [5.41, 5.74) is 9.14. The lowest BCUT2D eigenvalue weighted by molar-refractivity contribution is 0.627. The van der Waals surface area contributed by atoms with Crippen molar-refractivity contribution in [3.63, 3.8) is 0 Å². The van der Waals surface area contributed by atoms with E-state index in [1.165, 1.54) is 0 Å². The van der Waals surface area contributed by atoms with E-state index in [1.807, 2.05) is 48.5 Å². The van der Waals surface area contributed by atoms with E-state index in [-0.39, 0.29) is 0 Å². The minimum absolute atomic E-state index is 0.693. The van der Waals surface area contributed by atoms with Gasteiger partial charge in [-0.25, -0.2) is 4.98 Å². The Balaban J connectivity index is 1.93. The number of nitrogen functional groups attached to an aromatic ring is 1. The van der Waals surface area contributed by atoms with Crippen LogP contribution in [0.15, 0.2) is 52.9 Å². The molecule has 0 saturated carbocycles. The number of furan rings is 1. The van der Waals surface area contributed by atoms with Crippen molar-refractivity contribution in [2.45, 2.75) is 0 Å². The summed E-state index contributed by atoms with van der Waals surface area (Å²) in [5, 5.41) is 1.02. The maximum absolute atomic E-state index is 5.79. The van der Waals surface area contributed by atoms with Crippen LogP contribution in [0.2, 0.25) is 0 Å². The van der Waals surface area contributed by atoms with Crippen molar-refractivity contribution in [1.29, 1.82) is 0 Å². The molecular formula is C15H11N3O. The van der Waals surface area contributed by atoms with Gasteiger partial charge in [-0.05, 0) is 30.3 Å². The summed E-state index contributed by atoms with van der Waals surface area (Å²) in [7, 11) is 0. The van der Waals surface area contributed by atoms with Crippen LogP contribution in [-0.2, 0) is 0 Å². The number of rotatable bonds is 1. The van der Waals surface area contributed by atoms with Crippen molar-refractivity contribution in [2.75, 3.05) is 5.73 Å². The van der Waals surface area contributed by atoms with Gasteiger partial charge in [0.15, 0.2) is 11.6 Å². The van der Waals surface area contributed by atoms with Crippen LogP contribution < -0.4 is 5.73 Å². The molecule has 2 aromatic heterocycles. The Labute approximate surface area is 108 Å². The molecule has 4 rings (SSSR count). The van der Waals surface area contributed by atoms with Gasteiger partial charge in [0, 0.05) is 17.1 Å². The molecule has 0 aliphatic rings. The Bertz CT molecular complexity index is 856. The van der Waals surface area contributed by atoms with Gasteiger partial charge in [0.25, 0.3) is 0 Å². The van der Waals surface area contributed by atoms with E-state index < -0.39 is 0 Å². The molecular weight excluding hydrogens is 238 g/mol. The molecule has 0 fully saturated rings. The van der Waals surface area contributed by atoms with E-state index in [1.54, 1.807) is 0 Å². The number of aromatic nitrogens is 2. The van der Waals surface area contributed by atoms with E-state index >= 15 is 0 Å². The number of H-pyrrole nitrogens is 1. The number of benzene rings is 2. The minimum atomic E-state index is 0.693. The van der Waals surface area contributed by atoms with E-state index in [4.69, 9.17) is 10.2 Å². The fourth-order valence-corrected chi connectivity index (χ4v) is 2.23. The smallest absolute Gasteiger partial charge is 0.174 e. The molecule has 4 nitrogen and oxygen atoms in total. The lowest BCUT2D eigenvalue weighted by Crippen LogP contribution is -1.80. The lowest BCUT2D eigenvalue weighted by atomic mass is 10.2. The third-order valence-corrected chi connectivity index (χ3v) is 3.17. The number of nitrogens with zero attached hydrogens (tertiary/aromatic N) is 1. The fraction of sp³-hybridized carbons (Fsp3) is 0. The van der Waals surface area contributed by atoms with Crippen molar-refractivity contribution in [3.8, 4) is 11.6 Å². The molecule has 0 aliphatic carbocycles. The number of para-hydroxylation sites is 2. The Morgan fingerprint density at radius 3 is 2.84 bits per heavy atom. The number of hydrogen-bond acceptors (Lipinski definition) is 3. The first-order valence-electron chi connectivity index (χ1n) is 6.04. The zero-order valence-electron chi connectivity index (χ0n) is 10.1. The molecule has 4 aromatic rings. The van der Waals surface area contributed by atoms with Crippen LogP contribution in [0.3, 0.4) is 0 Å². The zero-order valence-corrected chi connectivity index (χ0v) is 10.1. The Morgan fingerprint density at radius 1 is 1.05 bits per heavy atom. The van der Waals surface area contributed by atoms with Gasteiger partial charge >= 0.3 is 0 Å². The van der Waals surface area contributed by atoms with Crippen LogP contribution in [-0.4, -0.2) is 9.97 Å². The monoisotopic (exact) mass is 249 g/mol. The van der Waals surface area contributed by atoms with Gasteiger partial charge in [-0.15, -0.1) is 0 Å². The standard InChI is InChI=1S/C15H11N3O/c16-10-6-5-9-7-14(19-13(9)8-10)15-17-11-3-1-2-4-12(11)18-15/h1-8H,16H2,(H,17,18). The summed E-state index contributed by atoms with van der Waals surface area (Å²) in [5.74, 6) is 1.45. The van der Waals surface area contributed by atoms with Crippen LogP contribution in [0.4, 0.5) is 5.69 Å². The average Bonchev–Trinajstić information content (AvgIpc) is 3.00. The van der Waals surface area contributed by atoms with Gasteiger partial charge in [-0.2, -0.15) is 0 Å². The highest BCUT2D eigenvalue weighted by atomic mass is 16.3. The second kappa shape index (κ2) is 3.62. The molecule has 0 saturated heterocycles. The number of imidazole rings is 1. The fourth-order valence-electron chi connectivity index (χ4n) is 2.23. The molecule has 4 heteroatoms. The second-order valence-electron chi connectivity index (χ2n) is 4.51. The number of anilines is 1. The summed E-state index contributed by atoms with van der Waals surface area (Å²) < 4.78 is 5.79. The van der Waals surface area contributed by atoms with Crippen LogP contribution in [0.1, 0.15) is 0 Å². The first-order valence-corrected chi connectivity index (χ1v) is 6.04. The average molecular weight is 249 g/mol. The normalized spacial score (nSPS) is 11.4. The van der Waals surface area contributed by atoms with Gasteiger partial charge in [0.1, 0.15) is 5.58 Å².